The fraction of sp³-hybridized carbons (Fsp3) is 0.500. The molecule has 0 aliphatic heterocycles. The highest BCUT2D eigenvalue weighted by atomic mass is 16.5. The highest BCUT2D eigenvalue weighted by Crippen LogP contribution is 2.46. The van der Waals surface area contributed by atoms with Crippen molar-refractivity contribution in [1.29, 1.82) is 0 Å². The second kappa shape index (κ2) is 6.12. The summed E-state index contributed by atoms with van der Waals surface area (Å²) < 4.78 is 5.96. The maximum absolute atomic E-state index is 5.96. The molecule has 1 aliphatic carbocycles. The largest absolute Gasteiger partial charge is 0.376 e. The molecule has 1 unspecified atom stereocenters. The number of nitrogens with one attached hydrogen (secondary N) is 1. The first-order valence-electron chi connectivity index (χ1n) is 7.92. The molecule has 3 heteroatoms. The second-order valence-electron chi connectivity index (χ2n) is 5.95. The van der Waals surface area contributed by atoms with Crippen LogP contribution in [0.1, 0.15) is 44.2 Å². The van der Waals surface area contributed by atoms with Crippen molar-refractivity contribution >= 4 is 10.8 Å². The molecule has 112 valence electrons. The first-order chi connectivity index (χ1) is 10.3. The summed E-state index contributed by atoms with van der Waals surface area (Å²) in [5.41, 5.74) is 1.29. The molecule has 0 radical (unpaired) electrons. The lowest BCUT2D eigenvalue weighted by Crippen LogP contribution is -2.50. The second-order valence-corrected chi connectivity index (χ2v) is 5.95. The Kier molecular flexibility index (Phi) is 4.22. The number of ether oxygens (including phenoxy) is 1. The maximum atomic E-state index is 5.96. The van der Waals surface area contributed by atoms with Gasteiger partial charge in [0.15, 0.2) is 0 Å². The Morgan fingerprint density at radius 1 is 1.33 bits per heavy atom. The number of rotatable bonds is 6. The Labute approximate surface area is 126 Å². The number of pyridine rings is 1. The van der Waals surface area contributed by atoms with Crippen molar-refractivity contribution in [2.24, 2.45) is 0 Å². The molecule has 3 nitrogen and oxygen atoms in total. The van der Waals surface area contributed by atoms with Gasteiger partial charge in [-0.3, -0.25) is 4.98 Å². The molecule has 0 saturated heterocycles. The van der Waals surface area contributed by atoms with Crippen molar-refractivity contribution in [2.45, 2.75) is 44.2 Å². The number of hydrogen-bond acceptors (Lipinski definition) is 3. The summed E-state index contributed by atoms with van der Waals surface area (Å²) >= 11 is 0. The van der Waals surface area contributed by atoms with Gasteiger partial charge in [-0.15, -0.1) is 0 Å². The summed E-state index contributed by atoms with van der Waals surface area (Å²) in [6, 6.07) is 8.86. The van der Waals surface area contributed by atoms with Crippen LogP contribution in [-0.4, -0.2) is 24.2 Å². The van der Waals surface area contributed by atoms with E-state index < -0.39 is 0 Å². The van der Waals surface area contributed by atoms with Crippen molar-refractivity contribution < 1.29 is 4.74 Å². The van der Waals surface area contributed by atoms with Gasteiger partial charge in [0.2, 0.25) is 0 Å². The molecule has 1 atom stereocenters. The van der Waals surface area contributed by atoms with Gasteiger partial charge in [0.05, 0.1) is 11.6 Å². The third-order valence-corrected chi connectivity index (χ3v) is 4.76. The first-order valence-corrected chi connectivity index (χ1v) is 7.92. The van der Waals surface area contributed by atoms with Crippen molar-refractivity contribution in [2.75, 3.05) is 13.7 Å². The lowest BCUT2D eigenvalue weighted by Gasteiger charge is -2.47. The van der Waals surface area contributed by atoms with Crippen molar-refractivity contribution in [3.05, 3.63) is 42.2 Å². The molecule has 1 fully saturated rings. The molecule has 2 aromatic rings. The van der Waals surface area contributed by atoms with E-state index >= 15 is 0 Å². The standard InChI is InChI=1S/C18H24N2O/c1-3-11-20-17(18(21-2)9-5-10-18)16-7-4-6-14-13-19-12-8-15(14)16/h4,6-8,12-13,17,20H,3,5,9-11H2,1-2H3. The van der Waals surface area contributed by atoms with E-state index in [9.17, 15) is 0 Å². The zero-order valence-corrected chi connectivity index (χ0v) is 12.9. The van der Waals surface area contributed by atoms with E-state index in [0.717, 1.165) is 25.8 Å². The Balaban J connectivity index is 2.05. The minimum absolute atomic E-state index is 0.0489. The van der Waals surface area contributed by atoms with Gasteiger partial charge in [-0.2, -0.15) is 0 Å². The molecule has 3 rings (SSSR count). The number of aromatic nitrogens is 1. The van der Waals surface area contributed by atoms with Crippen LogP contribution in [0.25, 0.3) is 10.8 Å². The average Bonchev–Trinajstić information content (AvgIpc) is 2.49. The van der Waals surface area contributed by atoms with Gasteiger partial charge in [0.25, 0.3) is 0 Å². The minimum atomic E-state index is -0.0489. The highest BCUT2D eigenvalue weighted by molar-refractivity contribution is 5.85. The normalized spacial score (nSPS) is 18.4. The van der Waals surface area contributed by atoms with Crippen LogP contribution < -0.4 is 5.32 Å². The maximum Gasteiger partial charge on any atom is 0.0872 e. The van der Waals surface area contributed by atoms with E-state index in [-0.39, 0.29) is 11.6 Å². The van der Waals surface area contributed by atoms with Crippen LogP contribution in [0, 0.1) is 0 Å². The van der Waals surface area contributed by atoms with Gasteiger partial charge in [-0.1, -0.05) is 25.1 Å². The fourth-order valence-corrected chi connectivity index (χ4v) is 3.40. The molecule has 21 heavy (non-hydrogen) atoms. The van der Waals surface area contributed by atoms with Crippen LogP contribution in [0.15, 0.2) is 36.7 Å². The van der Waals surface area contributed by atoms with Crippen LogP contribution >= 0.6 is 0 Å². The van der Waals surface area contributed by atoms with Crippen LogP contribution in [0.3, 0.4) is 0 Å². The van der Waals surface area contributed by atoms with Crippen LogP contribution in [0.4, 0.5) is 0 Å². The molecular weight excluding hydrogens is 260 g/mol. The van der Waals surface area contributed by atoms with Gasteiger partial charge >= 0.3 is 0 Å². The van der Waals surface area contributed by atoms with E-state index in [1.807, 2.05) is 19.5 Å². The number of fused-ring (bicyclic) bond motifs is 1. The monoisotopic (exact) mass is 284 g/mol. The van der Waals surface area contributed by atoms with Crippen molar-refractivity contribution in [3.63, 3.8) is 0 Å². The molecule has 1 N–H and O–H groups in total. The summed E-state index contributed by atoms with van der Waals surface area (Å²) in [6.45, 7) is 3.22. The van der Waals surface area contributed by atoms with Crippen molar-refractivity contribution in [3.8, 4) is 0 Å². The van der Waals surface area contributed by atoms with E-state index in [4.69, 9.17) is 4.74 Å². The molecule has 1 heterocycles. The smallest absolute Gasteiger partial charge is 0.0872 e. The molecule has 1 aromatic heterocycles. The van der Waals surface area contributed by atoms with E-state index in [2.05, 4.69) is 41.5 Å². The number of hydrogen-bond donors (Lipinski definition) is 1. The minimum Gasteiger partial charge on any atom is -0.376 e. The number of methoxy groups -OCH3 is 1. The summed E-state index contributed by atoms with van der Waals surface area (Å²) in [6.07, 6.45) is 8.46. The summed E-state index contributed by atoms with van der Waals surface area (Å²) in [5, 5.41) is 6.21. The van der Waals surface area contributed by atoms with Gasteiger partial charge in [-0.05, 0) is 49.2 Å². The van der Waals surface area contributed by atoms with Crippen LogP contribution in [0.2, 0.25) is 0 Å². The SMILES string of the molecule is CCCNC(c1cccc2cnccc12)C1(OC)CCC1. The predicted molar refractivity (Wildman–Crippen MR) is 86.4 cm³/mol. The van der Waals surface area contributed by atoms with Gasteiger partial charge in [-0.25, -0.2) is 0 Å². The van der Waals surface area contributed by atoms with Crippen molar-refractivity contribution in [1.82, 2.24) is 10.3 Å². The molecule has 1 aliphatic rings. The number of nitrogens with zero attached hydrogens (tertiary/aromatic N) is 1. The molecular formula is C18H24N2O. The molecule has 0 spiro atoms. The van der Waals surface area contributed by atoms with E-state index in [1.54, 1.807) is 0 Å². The zero-order chi connectivity index (χ0) is 14.7. The van der Waals surface area contributed by atoms with E-state index in [0.29, 0.717) is 0 Å². The lowest BCUT2D eigenvalue weighted by molar-refractivity contribution is -0.0994. The summed E-state index contributed by atoms with van der Waals surface area (Å²) in [7, 11) is 1.85. The predicted octanol–water partition coefficient (Wildman–Crippen LogP) is 3.84. The molecule has 1 saturated carbocycles. The first kappa shape index (κ1) is 14.5. The Morgan fingerprint density at radius 2 is 2.19 bits per heavy atom. The van der Waals surface area contributed by atoms with Gasteiger partial charge in [0, 0.05) is 24.9 Å². The molecule has 0 amide bonds. The lowest BCUT2D eigenvalue weighted by atomic mass is 9.71. The zero-order valence-electron chi connectivity index (χ0n) is 12.9. The third-order valence-electron chi connectivity index (χ3n) is 4.76. The summed E-state index contributed by atoms with van der Waals surface area (Å²) in [4.78, 5) is 4.24. The van der Waals surface area contributed by atoms with Gasteiger partial charge in [0.1, 0.15) is 0 Å². The topological polar surface area (TPSA) is 34.2 Å². The van der Waals surface area contributed by atoms with Crippen LogP contribution in [0.5, 0.6) is 0 Å². The Bertz CT molecular complexity index is 596. The van der Waals surface area contributed by atoms with E-state index in [1.165, 1.54) is 22.8 Å². The molecule has 1 aromatic carbocycles. The highest BCUT2D eigenvalue weighted by Gasteiger charge is 2.45. The Morgan fingerprint density at radius 3 is 2.86 bits per heavy atom. The van der Waals surface area contributed by atoms with Crippen LogP contribution in [-0.2, 0) is 4.74 Å². The average molecular weight is 284 g/mol. The molecule has 0 bridgehead atoms. The fourth-order valence-electron chi connectivity index (χ4n) is 3.40. The number of benzene rings is 1. The third kappa shape index (κ3) is 2.56. The van der Waals surface area contributed by atoms with Gasteiger partial charge < -0.3 is 10.1 Å². The Hall–Kier alpha value is -1.45. The summed E-state index contributed by atoms with van der Waals surface area (Å²) in [5.74, 6) is 0. The quantitative estimate of drug-likeness (QED) is 0.875.